The van der Waals surface area contributed by atoms with E-state index in [1.165, 1.54) is 109 Å². The molecule has 0 aromatic rings. The molecule has 0 aromatic heterocycles. The van der Waals surface area contributed by atoms with E-state index in [9.17, 15) is 14.4 Å². The molecular weight excluding hydrogens is 624 g/mol. The molecule has 0 N–H and O–H groups in total. The number of hydrogen-bond donors (Lipinski definition) is 0. The van der Waals surface area contributed by atoms with Crippen LogP contribution >= 0.6 is 0 Å². The molecule has 0 radical (unpaired) electrons. The van der Waals surface area contributed by atoms with Crippen LogP contribution in [0.3, 0.4) is 0 Å². The van der Waals surface area contributed by atoms with E-state index in [-0.39, 0.29) is 31.1 Å². The van der Waals surface area contributed by atoms with Crippen LogP contribution in [0.5, 0.6) is 0 Å². The summed E-state index contributed by atoms with van der Waals surface area (Å²) in [5.41, 5.74) is 0. The third kappa shape index (κ3) is 34.8. The molecule has 3 atom stereocenters. The zero-order chi connectivity index (χ0) is 37.1. The van der Waals surface area contributed by atoms with E-state index >= 15 is 0 Å². The maximum absolute atomic E-state index is 12.6. The second-order valence-corrected chi connectivity index (χ2v) is 15.9. The molecule has 0 saturated heterocycles. The van der Waals surface area contributed by atoms with Gasteiger partial charge in [0.25, 0.3) is 0 Å². The van der Waals surface area contributed by atoms with E-state index in [0.29, 0.717) is 19.3 Å². The van der Waals surface area contributed by atoms with Crippen LogP contribution in [0, 0.1) is 17.8 Å². The second-order valence-electron chi connectivity index (χ2n) is 15.9. The van der Waals surface area contributed by atoms with Gasteiger partial charge in [0.2, 0.25) is 0 Å². The first-order valence-electron chi connectivity index (χ1n) is 21.7. The van der Waals surface area contributed by atoms with Crippen molar-refractivity contribution in [2.75, 3.05) is 13.2 Å². The van der Waals surface area contributed by atoms with Gasteiger partial charge in [0, 0.05) is 19.3 Å². The molecular formula is C44H84O6. The van der Waals surface area contributed by atoms with Crippen molar-refractivity contribution in [2.45, 2.75) is 234 Å². The smallest absolute Gasteiger partial charge is 0.306 e. The van der Waals surface area contributed by atoms with Crippen molar-refractivity contribution < 1.29 is 28.6 Å². The van der Waals surface area contributed by atoms with Gasteiger partial charge in [0.05, 0.1) is 0 Å². The van der Waals surface area contributed by atoms with E-state index in [1.807, 2.05) is 0 Å². The minimum Gasteiger partial charge on any atom is -0.462 e. The van der Waals surface area contributed by atoms with E-state index in [4.69, 9.17) is 14.2 Å². The maximum Gasteiger partial charge on any atom is 0.306 e. The van der Waals surface area contributed by atoms with Gasteiger partial charge in [0.15, 0.2) is 6.10 Å². The Kier molecular flexibility index (Phi) is 34.7. The average Bonchev–Trinajstić information content (AvgIpc) is 3.09. The van der Waals surface area contributed by atoms with Gasteiger partial charge in [-0.05, 0) is 37.0 Å². The van der Waals surface area contributed by atoms with Crippen molar-refractivity contribution in [1.29, 1.82) is 0 Å². The van der Waals surface area contributed by atoms with Gasteiger partial charge < -0.3 is 14.2 Å². The third-order valence-corrected chi connectivity index (χ3v) is 10.4. The molecule has 0 aliphatic heterocycles. The van der Waals surface area contributed by atoms with Gasteiger partial charge in [-0.2, -0.15) is 0 Å². The Morgan fingerprint density at radius 1 is 0.400 bits per heavy atom. The summed E-state index contributed by atoms with van der Waals surface area (Å²) in [4.78, 5) is 37.6. The summed E-state index contributed by atoms with van der Waals surface area (Å²) in [6.07, 6.45) is 30.9. The zero-order valence-electron chi connectivity index (χ0n) is 34.2. The van der Waals surface area contributed by atoms with Crippen LogP contribution < -0.4 is 0 Å². The van der Waals surface area contributed by atoms with Crippen LogP contribution in [0.15, 0.2) is 0 Å². The largest absolute Gasteiger partial charge is 0.462 e. The van der Waals surface area contributed by atoms with Gasteiger partial charge in [-0.3, -0.25) is 14.4 Å². The Hall–Kier alpha value is -1.59. The topological polar surface area (TPSA) is 78.9 Å². The molecule has 6 heteroatoms. The maximum atomic E-state index is 12.6. The molecule has 296 valence electrons. The van der Waals surface area contributed by atoms with Gasteiger partial charge >= 0.3 is 17.9 Å². The number of carbonyl (C=O) groups excluding carboxylic acids is 3. The summed E-state index contributed by atoms with van der Waals surface area (Å²) >= 11 is 0. The summed E-state index contributed by atoms with van der Waals surface area (Å²) in [6, 6.07) is 0. The highest BCUT2D eigenvalue weighted by Gasteiger charge is 2.19. The summed E-state index contributed by atoms with van der Waals surface area (Å²) in [7, 11) is 0. The molecule has 50 heavy (non-hydrogen) atoms. The molecule has 0 rings (SSSR count). The number of hydrogen-bond acceptors (Lipinski definition) is 6. The Morgan fingerprint density at radius 2 is 0.700 bits per heavy atom. The molecule has 0 heterocycles. The molecule has 6 nitrogen and oxygen atoms in total. The number of unbranched alkanes of at least 4 members (excludes halogenated alkanes) is 18. The highest BCUT2D eigenvalue weighted by molar-refractivity contribution is 5.71. The van der Waals surface area contributed by atoms with Gasteiger partial charge in [0.1, 0.15) is 13.2 Å². The molecule has 2 unspecified atom stereocenters. The highest BCUT2D eigenvalue weighted by Crippen LogP contribution is 2.17. The molecule has 0 aromatic carbocycles. The molecule has 0 aliphatic carbocycles. The Balaban J connectivity index is 4.37. The van der Waals surface area contributed by atoms with E-state index in [0.717, 1.165) is 75.5 Å². The standard InChI is InChI=1S/C44H84O6/c1-7-39(5)31-25-19-13-9-10-14-21-27-33-42(45)48-36-41(50-44(47)35-29-23-15-11-12-18-24-30-38(3)4)37-49-43(46)34-28-22-17-16-20-26-32-40(6)8-2/h38-41H,7-37H2,1-6H3/t39?,40?,41-/m0/s1. The number of esters is 3. The van der Waals surface area contributed by atoms with E-state index in [1.54, 1.807) is 0 Å². The summed E-state index contributed by atoms with van der Waals surface area (Å²) in [6.45, 7) is 13.6. The predicted octanol–water partition coefficient (Wildman–Crippen LogP) is 13.3. The monoisotopic (exact) mass is 709 g/mol. The normalized spacial score (nSPS) is 13.3. The lowest BCUT2D eigenvalue weighted by Crippen LogP contribution is -2.30. The van der Waals surface area contributed by atoms with E-state index in [2.05, 4.69) is 41.5 Å². The first kappa shape index (κ1) is 48.4. The fourth-order valence-electron chi connectivity index (χ4n) is 6.28. The quantitative estimate of drug-likeness (QED) is 0.0363. The van der Waals surface area contributed by atoms with Crippen LogP contribution in [0.25, 0.3) is 0 Å². The Bertz CT molecular complexity index is 780. The van der Waals surface area contributed by atoms with Gasteiger partial charge in [-0.15, -0.1) is 0 Å². The van der Waals surface area contributed by atoms with Crippen LogP contribution in [0.4, 0.5) is 0 Å². The van der Waals surface area contributed by atoms with Crippen molar-refractivity contribution in [3.63, 3.8) is 0 Å². The fraction of sp³-hybridized carbons (Fsp3) is 0.932. The van der Waals surface area contributed by atoms with Crippen molar-refractivity contribution in [3.05, 3.63) is 0 Å². The lowest BCUT2D eigenvalue weighted by Gasteiger charge is -2.18. The number of ether oxygens (including phenoxy) is 3. The predicted molar refractivity (Wildman–Crippen MR) is 210 cm³/mol. The summed E-state index contributed by atoms with van der Waals surface area (Å²) < 4.78 is 16.7. The van der Waals surface area contributed by atoms with Crippen LogP contribution in [-0.4, -0.2) is 37.2 Å². The zero-order valence-corrected chi connectivity index (χ0v) is 34.2. The van der Waals surface area contributed by atoms with Crippen LogP contribution in [0.1, 0.15) is 228 Å². The minimum absolute atomic E-state index is 0.0679. The van der Waals surface area contributed by atoms with Gasteiger partial charge in [-0.25, -0.2) is 0 Å². The van der Waals surface area contributed by atoms with Crippen molar-refractivity contribution in [1.82, 2.24) is 0 Å². The Morgan fingerprint density at radius 3 is 1.04 bits per heavy atom. The van der Waals surface area contributed by atoms with Crippen LogP contribution in [-0.2, 0) is 28.6 Å². The lowest BCUT2D eigenvalue weighted by molar-refractivity contribution is -0.167. The second kappa shape index (κ2) is 35.8. The first-order chi connectivity index (χ1) is 24.2. The van der Waals surface area contributed by atoms with Crippen molar-refractivity contribution in [3.8, 4) is 0 Å². The van der Waals surface area contributed by atoms with Gasteiger partial charge in [-0.1, -0.05) is 189 Å². The first-order valence-corrected chi connectivity index (χ1v) is 21.7. The number of rotatable bonds is 37. The highest BCUT2D eigenvalue weighted by atomic mass is 16.6. The molecule has 0 saturated carbocycles. The van der Waals surface area contributed by atoms with E-state index < -0.39 is 6.10 Å². The minimum atomic E-state index is -0.762. The molecule has 0 fully saturated rings. The number of carbonyl (C=O) groups is 3. The SMILES string of the molecule is CCC(C)CCCCCCCCCCC(=O)OC[C@@H](COC(=O)CCCCCCCCC(C)CC)OC(=O)CCCCCCCCCC(C)C. The molecule has 0 aliphatic rings. The third-order valence-electron chi connectivity index (χ3n) is 10.4. The summed E-state index contributed by atoms with van der Waals surface area (Å²) in [5.74, 6) is 1.57. The lowest BCUT2D eigenvalue weighted by atomic mass is 9.99. The Labute approximate surface area is 310 Å². The van der Waals surface area contributed by atoms with Crippen LogP contribution in [0.2, 0.25) is 0 Å². The molecule has 0 spiro atoms. The molecule has 0 amide bonds. The van der Waals surface area contributed by atoms with Crippen molar-refractivity contribution >= 4 is 17.9 Å². The van der Waals surface area contributed by atoms with Crippen molar-refractivity contribution in [2.24, 2.45) is 17.8 Å². The fourth-order valence-corrected chi connectivity index (χ4v) is 6.28. The summed E-state index contributed by atoms with van der Waals surface area (Å²) in [5, 5.41) is 0. The average molecular weight is 709 g/mol. The molecule has 0 bridgehead atoms.